The van der Waals surface area contributed by atoms with E-state index in [1.165, 1.54) is 10.7 Å². The average molecular weight is 516 g/mol. The summed E-state index contributed by atoms with van der Waals surface area (Å²) >= 11 is 0. The molecule has 0 radical (unpaired) electrons. The maximum absolute atomic E-state index is 13.3. The highest BCUT2D eigenvalue weighted by atomic mass is 32.2. The van der Waals surface area contributed by atoms with E-state index in [0.29, 0.717) is 19.0 Å². The second kappa shape index (κ2) is 9.67. The lowest BCUT2D eigenvalue weighted by Crippen LogP contribution is -2.54. The fraction of sp³-hybridized carbons (Fsp3) is 0.720. The number of hydrogen-bond acceptors (Lipinski definition) is 4. The summed E-state index contributed by atoms with van der Waals surface area (Å²) in [7, 11) is -3.91. The molecule has 1 aliphatic heterocycles. The molecule has 3 aliphatic rings. The Bertz CT molecular complexity index is 1020. The first kappa shape index (κ1) is 26.4. The molecule has 4 rings (SSSR count). The van der Waals surface area contributed by atoms with Crippen molar-refractivity contribution >= 4 is 15.9 Å². The van der Waals surface area contributed by atoms with Gasteiger partial charge in [0.1, 0.15) is 0 Å². The van der Waals surface area contributed by atoms with Crippen molar-refractivity contribution in [2.24, 2.45) is 17.3 Å². The van der Waals surface area contributed by atoms with E-state index < -0.39 is 21.8 Å². The quantitative estimate of drug-likeness (QED) is 0.572. The molecule has 1 amide bonds. The molecule has 1 aromatic carbocycles. The van der Waals surface area contributed by atoms with Crippen LogP contribution in [0.1, 0.15) is 64.9 Å². The Morgan fingerprint density at radius 2 is 1.71 bits per heavy atom. The molecule has 1 heterocycles. The molecule has 2 N–H and O–H groups in total. The van der Waals surface area contributed by atoms with Gasteiger partial charge in [0, 0.05) is 25.2 Å². The highest BCUT2D eigenvalue weighted by Crippen LogP contribution is 2.40. The van der Waals surface area contributed by atoms with E-state index in [4.69, 9.17) is 0 Å². The van der Waals surface area contributed by atoms with E-state index in [1.54, 1.807) is 0 Å². The van der Waals surface area contributed by atoms with Gasteiger partial charge in [-0.25, -0.2) is 8.42 Å². The van der Waals surface area contributed by atoms with Crippen molar-refractivity contribution in [2.45, 2.75) is 88.5 Å². The molecule has 0 spiro atoms. The Morgan fingerprint density at radius 1 is 1.06 bits per heavy atom. The smallest absolute Gasteiger partial charge is 0.352 e. The van der Waals surface area contributed by atoms with E-state index in [0.717, 1.165) is 49.9 Å². The summed E-state index contributed by atoms with van der Waals surface area (Å²) in [6.07, 6.45) is 1.16. The van der Waals surface area contributed by atoms with Crippen molar-refractivity contribution in [1.29, 1.82) is 0 Å². The van der Waals surface area contributed by atoms with Crippen LogP contribution in [0.25, 0.3) is 0 Å². The van der Waals surface area contributed by atoms with Gasteiger partial charge in [-0.1, -0.05) is 27.2 Å². The van der Waals surface area contributed by atoms with Gasteiger partial charge in [0.25, 0.3) is 0 Å². The van der Waals surface area contributed by atoms with Crippen molar-refractivity contribution in [3.8, 4) is 0 Å². The first-order valence-corrected chi connectivity index (χ1v) is 13.9. The van der Waals surface area contributed by atoms with E-state index in [9.17, 15) is 26.4 Å². The number of carbonyl (C=O) groups excluding carboxylic acids is 1. The first-order chi connectivity index (χ1) is 16.2. The van der Waals surface area contributed by atoms with Crippen LogP contribution in [0.4, 0.5) is 13.2 Å². The molecule has 0 aromatic heterocycles. The van der Waals surface area contributed by atoms with Gasteiger partial charge in [-0.15, -0.1) is 0 Å². The molecular formula is C25H36F3N3O3S. The van der Waals surface area contributed by atoms with Crippen LogP contribution in [0.2, 0.25) is 0 Å². The molecule has 0 unspecified atom stereocenters. The van der Waals surface area contributed by atoms with Gasteiger partial charge in [-0.05, 0) is 73.6 Å². The minimum absolute atomic E-state index is 0.00200. The van der Waals surface area contributed by atoms with Crippen LogP contribution in [0, 0.1) is 17.3 Å². The predicted molar refractivity (Wildman–Crippen MR) is 127 cm³/mol. The Morgan fingerprint density at radius 3 is 2.26 bits per heavy atom. The normalized spacial score (nSPS) is 26.9. The second-order valence-electron chi connectivity index (χ2n) is 11.6. The molecule has 2 saturated carbocycles. The summed E-state index contributed by atoms with van der Waals surface area (Å²) in [5.41, 5.74) is -0.894. The van der Waals surface area contributed by atoms with Gasteiger partial charge in [0.15, 0.2) is 0 Å². The highest BCUT2D eigenvalue weighted by Gasteiger charge is 2.47. The van der Waals surface area contributed by atoms with Gasteiger partial charge in [0.2, 0.25) is 15.9 Å². The summed E-state index contributed by atoms with van der Waals surface area (Å²) in [6.45, 7) is 6.93. The summed E-state index contributed by atoms with van der Waals surface area (Å²) in [4.78, 5) is 13.1. The van der Waals surface area contributed by atoms with Crippen LogP contribution in [0.5, 0.6) is 0 Å². The Kier molecular flexibility index (Phi) is 7.30. The number of benzene rings is 1. The summed E-state index contributed by atoms with van der Waals surface area (Å²) in [6, 6.07) is 3.64. The number of amides is 1. The van der Waals surface area contributed by atoms with Crippen LogP contribution in [0.3, 0.4) is 0 Å². The fourth-order valence-corrected chi connectivity index (χ4v) is 7.08. The van der Waals surface area contributed by atoms with Gasteiger partial charge >= 0.3 is 6.18 Å². The monoisotopic (exact) mass is 515 g/mol. The number of hydrogen-bond donors (Lipinski definition) is 2. The number of nitrogens with one attached hydrogen (secondary N) is 2. The lowest BCUT2D eigenvalue weighted by atomic mass is 9.85. The Hall–Kier alpha value is -1.65. The number of alkyl halides is 3. The van der Waals surface area contributed by atoms with Crippen molar-refractivity contribution in [3.05, 3.63) is 29.8 Å². The summed E-state index contributed by atoms with van der Waals surface area (Å²) in [5, 5.41) is 6.73. The molecule has 0 bridgehead atoms. The summed E-state index contributed by atoms with van der Waals surface area (Å²) in [5.74, 6) is 0.105. The molecule has 10 heteroatoms. The molecule has 2 aliphatic carbocycles. The zero-order valence-electron chi connectivity index (χ0n) is 20.6. The zero-order valence-corrected chi connectivity index (χ0v) is 21.4. The maximum Gasteiger partial charge on any atom is 0.416 e. The molecule has 1 aromatic rings. The van der Waals surface area contributed by atoms with E-state index in [2.05, 4.69) is 31.4 Å². The third-order valence-electron chi connectivity index (χ3n) is 7.65. The van der Waals surface area contributed by atoms with Crippen LogP contribution < -0.4 is 10.6 Å². The standard InChI is InChI=1S/C25H36F3N3O3S/c1-24(2,3)13-22(29-18-5-4-6-18)23(32)30-21-12-7-16-14-31(15-20(16)21)35(33,34)19-10-8-17(9-11-19)25(26,27)28/h8-11,16,18,20-22,29H,4-7,12-15H2,1-3H3,(H,30,32)/t16-,20+,21+,22+/m1/s1. The minimum atomic E-state index is -4.52. The van der Waals surface area contributed by atoms with Crippen molar-refractivity contribution in [1.82, 2.24) is 14.9 Å². The molecular weight excluding hydrogens is 479 g/mol. The fourth-order valence-electron chi connectivity index (χ4n) is 5.55. The number of rotatable bonds is 7. The third-order valence-corrected chi connectivity index (χ3v) is 9.49. The molecule has 3 fully saturated rings. The zero-order chi connectivity index (χ0) is 25.6. The van der Waals surface area contributed by atoms with Crippen molar-refractivity contribution < 1.29 is 26.4 Å². The number of carbonyl (C=O) groups is 1. The number of sulfonamides is 1. The molecule has 35 heavy (non-hydrogen) atoms. The van der Waals surface area contributed by atoms with E-state index >= 15 is 0 Å². The number of fused-ring (bicyclic) bond motifs is 1. The topological polar surface area (TPSA) is 78.5 Å². The van der Waals surface area contributed by atoms with E-state index in [1.807, 2.05) is 0 Å². The molecule has 4 atom stereocenters. The van der Waals surface area contributed by atoms with E-state index in [-0.39, 0.29) is 46.7 Å². The molecule has 1 saturated heterocycles. The molecule has 196 valence electrons. The van der Waals surface area contributed by atoms with Crippen molar-refractivity contribution in [3.63, 3.8) is 0 Å². The van der Waals surface area contributed by atoms with Gasteiger partial charge in [0.05, 0.1) is 16.5 Å². The first-order valence-electron chi connectivity index (χ1n) is 12.5. The van der Waals surface area contributed by atoms with Gasteiger partial charge in [-0.2, -0.15) is 17.5 Å². The predicted octanol–water partition coefficient (Wildman–Crippen LogP) is 4.17. The molecule has 6 nitrogen and oxygen atoms in total. The maximum atomic E-state index is 13.3. The van der Waals surface area contributed by atoms with Crippen LogP contribution >= 0.6 is 0 Å². The second-order valence-corrected chi connectivity index (χ2v) is 13.5. The third kappa shape index (κ3) is 6.02. The summed E-state index contributed by atoms with van der Waals surface area (Å²) < 4.78 is 66.2. The lowest BCUT2D eigenvalue weighted by molar-refractivity contribution is -0.137. The minimum Gasteiger partial charge on any atom is -0.352 e. The average Bonchev–Trinajstić information content (AvgIpc) is 3.31. The number of halogens is 3. The van der Waals surface area contributed by atoms with Crippen LogP contribution in [-0.2, 0) is 21.0 Å². The van der Waals surface area contributed by atoms with Gasteiger partial charge in [-0.3, -0.25) is 4.79 Å². The highest BCUT2D eigenvalue weighted by molar-refractivity contribution is 7.89. The van der Waals surface area contributed by atoms with Crippen LogP contribution in [-0.4, -0.2) is 49.8 Å². The van der Waals surface area contributed by atoms with Crippen molar-refractivity contribution in [2.75, 3.05) is 13.1 Å². The van der Waals surface area contributed by atoms with Crippen LogP contribution in [0.15, 0.2) is 29.2 Å². The Balaban J connectivity index is 1.41. The Labute approximate surface area is 206 Å². The van der Waals surface area contributed by atoms with Gasteiger partial charge < -0.3 is 10.6 Å². The SMILES string of the molecule is CC(C)(C)C[C@H](NC1CCC1)C(=O)N[C@H]1CC[C@@H]2CN(S(=O)(=O)c3ccc(C(F)(F)F)cc3)C[C@@H]21. The lowest BCUT2D eigenvalue weighted by Gasteiger charge is -2.34. The largest absolute Gasteiger partial charge is 0.416 e. The number of nitrogens with zero attached hydrogens (tertiary/aromatic N) is 1.